The van der Waals surface area contributed by atoms with E-state index in [-0.39, 0.29) is 30.5 Å². The molecule has 3 unspecified atom stereocenters. The average molecular weight is 298 g/mol. The first-order valence-corrected chi connectivity index (χ1v) is 7.30. The van der Waals surface area contributed by atoms with Crippen molar-refractivity contribution in [2.45, 2.75) is 57.2 Å². The summed E-state index contributed by atoms with van der Waals surface area (Å²) in [4.78, 5) is 36.3. The number of carbonyl (C=O) groups excluding carboxylic acids is 2. The van der Waals surface area contributed by atoms with E-state index < -0.39 is 18.0 Å². The number of amides is 2. The molecule has 0 aromatic rings. The van der Waals surface area contributed by atoms with Crippen molar-refractivity contribution in [2.75, 3.05) is 7.11 Å². The fourth-order valence-electron chi connectivity index (χ4n) is 3.53. The van der Waals surface area contributed by atoms with E-state index in [9.17, 15) is 14.4 Å². The minimum atomic E-state index is -0.781. The van der Waals surface area contributed by atoms with Crippen LogP contribution in [0, 0.1) is 5.92 Å². The maximum Gasteiger partial charge on any atom is 0.328 e. The molecule has 118 valence electrons. The molecule has 21 heavy (non-hydrogen) atoms. The van der Waals surface area contributed by atoms with Crippen molar-refractivity contribution in [3.63, 3.8) is 0 Å². The van der Waals surface area contributed by atoms with Crippen LogP contribution in [0.2, 0.25) is 0 Å². The molecule has 2 amide bonds. The molecule has 2 aliphatic heterocycles. The highest BCUT2D eigenvalue weighted by Crippen LogP contribution is 2.39. The van der Waals surface area contributed by atoms with Crippen LogP contribution >= 0.6 is 0 Å². The van der Waals surface area contributed by atoms with Gasteiger partial charge in [-0.05, 0) is 38.5 Å². The molecule has 2 N–H and O–H groups in total. The smallest absolute Gasteiger partial charge is 0.328 e. The second kappa shape index (κ2) is 6.32. The summed E-state index contributed by atoms with van der Waals surface area (Å²) in [6.45, 7) is 1.59. The number of urea groups is 1. The Morgan fingerprint density at radius 2 is 1.86 bits per heavy atom. The molecule has 0 spiro atoms. The van der Waals surface area contributed by atoms with Crippen molar-refractivity contribution >= 4 is 18.0 Å². The van der Waals surface area contributed by atoms with Gasteiger partial charge in [0.25, 0.3) is 0 Å². The lowest BCUT2D eigenvalue weighted by Crippen LogP contribution is -2.54. The number of nitrogens with one attached hydrogen (secondary N) is 1. The predicted octanol–water partition coefficient (Wildman–Crippen LogP) is 0.975. The Bertz CT molecular complexity index is 425. The Labute approximate surface area is 123 Å². The van der Waals surface area contributed by atoms with Gasteiger partial charge in [-0.2, -0.15) is 0 Å². The van der Waals surface area contributed by atoms with Crippen LogP contribution in [-0.2, 0) is 14.3 Å². The van der Waals surface area contributed by atoms with Gasteiger partial charge in [0.15, 0.2) is 0 Å². The van der Waals surface area contributed by atoms with E-state index in [4.69, 9.17) is 5.11 Å². The zero-order valence-corrected chi connectivity index (χ0v) is 12.4. The molecule has 2 bridgehead atoms. The first kappa shape index (κ1) is 15.6. The minimum absolute atomic E-state index is 0.0814. The third kappa shape index (κ3) is 3.46. The summed E-state index contributed by atoms with van der Waals surface area (Å²) in [5.41, 5.74) is 0. The van der Waals surface area contributed by atoms with E-state index in [0.717, 1.165) is 25.7 Å². The highest BCUT2D eigenvalue weighted by molar-refractivity contribution is 5.83. The number of rotatable bonds is 4. The molecule has 0 aromatic heterocycles. The zero-order valence-electron chi connectivity index (χ0n) is 12.4. The average Bonchev–Trinajstić information content (AvgIpc) is 2.69. The van der Waals surface area contributed by atoms with Crippen LogP contribution in [0.15, 0.2) is 0 Å². The van der Waals surface area contributed by atoms with Crippen LogP contribution in [0.3, 0.4) is 0 Å². The zero-order chi connectivity index (χ0) is 15.6. The summed E-state index contributed by atoms with van der Waals surface area (Å²) < 4.78 is 4.59. The van der Waals surface area contributed by atoms with Crippen molar-refractivity contribution in [1.82, 2.24) is 10.2 Å². The summed E-state index contributed by atoms with van der Waals surface area (Å²) in [5.74, 6) is -1.12. The number of hydrogen-bond acceptors (Lipinski definition) is 4. The molecule has 0 aliphatic carbocycles. The van der Waals surface area contributed by atoms with Gasteiger partial charge in [-0.3, -0.25) is 4.79 Å². The number of ether oxygens (including phenoxy) is 1. The van der Waals surface area contributed by atoms with Gasteiger partial charge in [0.1, 0.15) is 6.04 Å². The van der Waals surface area contributed by atoms with Crippen LogP contribution in [0.5, 0.6) is 0 Å². The molecule has 2 saturated heterocycles. The number of carbonyl (C=O) groups is 3. The largest absolute Gasteiger partial charge is 0.481 e. The highest BCUT2D eigenvalue weighted by Gasteiger charge is 2.44. The topological polar surface area (TPSA) is 95.9 Å². The molecule has 2 fully saturated rings. The summed E-state index contributed by atoms with van der Waals surface area (Å²) in [6.07, 6.45) is 3.42. The van der Waals surface area contributed by atoms with E-state index in [1.165, 1.54) is 7.11 Å². The van der Waals surface area contributed by atoms with Crippen molar-refractivity contribution < 1.29 is 24.2 Å². The second-order valence-electron chi connectivity index (χ2n) is 5.92. The Kier molecular flexibility index (Phi) is 4.69. The molecule has 0 saturated carbocycles. The fraction of sp³-hybridized carbons (Fsp3) is 0.786. The summed E-state index contributed by atoms with van der Waals surface area (Å²) in [7, 11) is 1.28. The Morgan fingerprint density at radius 3 is 2.33 bits per heavy atom. The lowest BCUT2D eigenvalue weighted by Gasteiger charge is -2.38. The van der Waals surface area contributed by atoms with Crippen LogP contribution in [0.4, 0.5) is 4.79 Å². The van der Waals surface area contributed by atoms with Crippen molar-refractivity contribution in [1.29, 1.82) is 0 Å². The predicted molar refractivity (Wildman–Crippen MR) is 73.6 cm³/mol. The number of piperidine rings is 1. The molecule has 7 heteroatoms. The number of methoxy groups -OCH3 is 1. The SMILES string of the molecule is COC(=O)C(C)NC(=O)N1C2CCC1CC(CC(=O)O)C2. The molecule has 0 aromatic carbocycles. The normalized spacial score (nSPS) is 28.9. The van der Waals surface area contributed by atoms with Crippen molar-refractivity contribution in [2.24, 2.45) is 5.92 Å². The van der Waals surface area contributed by atoms with Gasteiger partial charge < -0.3 is 20.1 Å². The second-order valence-corrected chi connectivity index (χ2v) is 5.92. The van der Waals surface area contributed by atoms with E-state index in [1.807, 2.05) is 0 Å². The van der Waals surface area contributed by atoms with Gasteiger partial charge in [-0.15, -0.1) is 0 Å². The monoisotopic (exact) mass is 298 g/mol. The number of fused-ring (bicyclic) bond motifs is 2. The van der Waals surface area contributed by atoms with E-state index >= 15 is 0 Å². The van der Waals surface area contributed by atoms with Crippen LogP contribution in [0.1, 0.15) is 39.0 Å². The summed E-state index contributed by atoms with van der Waals surface area (Å²) in [5, 5.41) is 11.5. The van der Waals surface area contributed by atoms with E-state index in [2.05, 4.69) is 10.1 Å². The molecular weight excluding hydrogens is 276 g/mol. The van der Waals surface area contributed by atoms with Gasteiger partial charge in [0, 0.05) is 18.5 Å². The molecular formula is C14H22N2O5. The molecule has 2 aliphatic rings. The van der Waals surface area contributed by atoms with Crippen molar-refractivity contribution in [3.05, 3.63) is 0 Å². The third-order valence-corrected chi connectivity index (χ3v) is 4.42. The number of hydrogen-bond donors (Lipinski definition) is 2. The number of esters is 1. The van der Waals surface area contributed by atoms with Gasteiger partial charge in [0.05, 0.1) is 7.11 Å². The summed E-state index contributed by atoms with van der Waals surface area (Å²) in [6, 6.07) is -0.774. The van der Waals surface area contributed by atoms with Crippen molar-refractivity contribution in [3.8, 4) is 0 Å². The number of nitrogens with zero attached hydrogens (tertiary/aromatic N) is 1. The standard InChI is InChI=1S/C14H22N2O5/c1-8(13(19)21-2)15-14(20)16-10-3-4-11(16)6-9(5-10)7-12(17)18/h8-11H,3-7H2,1-2H3,(H,15,20)(H,17,18). The first-order valence-electron chi connectivity index (χ1n) is 7.30. The van der Waals surface area contributed by atoms with Crippen LogP contribution < -0.4 is 5.32 Å². The van der Waals surface area contributed by atoms with Gasteiger partial charge >= 0.3 is 18.0 Å². The van der Waals surface area contributed by atoms with Gasteiger partial charge in [-0.1, -0.05) is 0 Å². The molecule has 7 nitrogen and oxygen atoms in total. The quantitative estimate of drug-likeness (QED) is 0.754. The summed E-state index contributed by atoms with van der Waals surface area (Å²) >= 11 is 0. The van der Waals surface area contributed by atoms with Crippen LogP contribution in [0.25, 0.3) is 0 Å². The lowest BCUT2D eigenvalue weighted by atomic mass is 9.88. The van der Waals surface area contributed by atoms with E-state index in [0.29, 0.717) is 0 Å². The lowest BCUT2D eigenvalue weighted by molar-refractivity contribution is -0.142. The number of aliphatic carboxylic acids is 1. The van der Waals surface area contributed by atoms with Gasteiger partial charge in [-0.25, -0.2) is 9.59 Å². The molecule has 2 heterocycles. The molecule has 2 rings (SSSR count). The first-order chi connectivity index (χ1) is 9.92. The number of carboxylic acids is 1. The molecule has 0 radical (unpaired) electrons. The number of carboxylic acid groups (broad SMARTS) is 1. The minimum Gasteiger partial charge on any atom is -0.481 e. The van der Waals surface area contributed by atoms with Gasteiger partial charge in [0.2, 0.25) is 0 Å². The maximum absolute atomic E-state index is 12.3. The fourth-order valence-corrected chi connectivity index (χ4v) is 3.53. The Hall–Kier alpha value is -1.79. The molecule has 3 atom stereocenters. The highest BCUT2D eigenvalue weighted by atomic mass is 16.5. The van der Waals surface area contributed by atoms with Crippen LogP contribution in [-0.4, -0.2) is 53.2 Å². The maximum atomic E-state index is 12.3. The Balaban J connectivity index is 1.95. The Morgan fingerprint density at radius 1 is 1.29 bits per heavy atom. The third-order valence-electron chi connectivity index (χ3n) is 4.42. The van der Waals surface area contributed by atoms with E-state index in [1.54, 1.807) is 11.8 Å².